The van der Waals surface area contributed by atoms with Crippen LogP contribution in [0.25, 0.3) is 0 Å². The summed E-state index contributed by atoms with van der Waals surface area (Å²) in [5.41, 5.74) is 11.1. The molecule has 0 aromatic heterocycles. The molecule has 0 unspecified atom stereocenters. The number of amides is 5. The van der Waals surface area contributed by atoms with Crippen molar-refractivity contribution in [3.05, 3.63) is 0 Å². The first-order valence-electron chi connectivity index (χ1n) is 17.1. The lowest BCUT2D eigenvalue weighted by atomic mass is 10.0. The zero-order valence-electron chi connectivity index (χ0n) is 28.9. The van der Waals surface area contributed by atoms with E-state index in [1.165, 1.54) is 13.8 Å². The molecule has 1 rings (SSSR count). The van der Waals surface area contributed by atoms with Crippen LogP contribution in [0.2, 0.25) is 0 Å². The maximum atomic E-state index is 13.4. The molecular formula is C31H57N7O10S2. The molecular weight excluding hydrogens is 695 g/mol. The standard InChI is InChI=1S/C31H57N7O10S2/c1-18(40)25(29(45)35-22(11-6-8-15-33)27(43)36-23(17-39)31(47)48)38-30(46)26(19(2)41)37-28(44)21(10-5-7-14-32)34-24(42)12-4-3-9-20-13-16-49-50-20/h18-23,25-26,39-41H,3-17,32-33H2,1-2H3,(H,34,42)(H,35,45)(H,36,43)(H,37,44)(H,38,46)(H,47,48)/t18-,19-,20-,21+,22+,23+,25+,26+/m1/s1. The number of carbonyl (C=O) groups excluding carboxylic acids is 5. The number of carbonyl (C=O) groups is 6. The van der Waals surface area contributed by atoms with Crippen molar-refractivity contribution in [2.24, 2.45) is 11.5 Å². The number of nitrogens with two attached hydrogens (primary N) is 2. The highest BCUT2D eigenvalue weighted by molar-refractivity contribution is 8.77. The first kappa shape index (κ1) is 45.3. The van der Waals surface area contributed by atoms with E-state index in [2.05, 4.69) is 26.6 Å². The van der Waals surface area contributed by atoms with Gasteiger partial charge in [0.05, 0.1) is 18.8 Å². The molecule has 0 radical (unpaired) electrons. The van der Waals surface area contributed by atoms with Gasteiger partial charge < -0.3 is 58.5 Å². The van der Waals surface area contributed by atoms with Crippen LogP contribution in [-0.4, -0.2) is 129 Å². The number of aliphatic carboxylic acids is 1. The number of aliphatic hydroxyl groups is 3. The monoisotopic (exact) mass is 751 g/mol. The summed E-state index contributed by atoms with van der Waals surface area (Å²) in [7, 11) is 3.73. The van der Waals surface area contributed by atoms with Crippen molar-refractivity contribution in [1.29, 1.82) is 0 Å². The van der Waals surface area contributed by atoms with Gasteiger partial charge in [-0.2, -0.15) is 0 Å². The molecule has 0 aromatic carbocycles. The zero-order valence-corrected chi connectivity index (χ0v) is 30.6. The smallest absolute Gasteiger partial charge is 0.328 e. The van der Waals surface area contributed by atoms with E-state index >= 15 is 0 Å². The first-order chi connectivity index (χ1) is 23.7. The second kappa shape index (κ2) is 25.3. The van der Waals surface area contributed by atoms with Crippen LogP contribution in [0.5, 0.6) is 0 Å². The van der Waals surface area contributed by atoms with Crippen molar-refractivity contribution >= 4 is 57.1 Å². The third-order valence-electron chi connectivity index (χ3n) is 8.01. The SMILES string of the molecule is C[C@@H](O)[C@H](NC(=O)[C@H](CCCCN)NC(=O)CCCC[C@@H]1CCSS1)C(=O)N[C@H](C(=O)N[C@@H](CCCCN)C(=O)N[C@@H](CO)C(=O)O)[C@@H](C)O. The molecule has 8 atom stereocenters. The van der Waals surface area contributed by atoms with Gasteiger partial charge in [0.25, 0.3) is 0 Å². The summed E-state index contributed by atoms with van der Waals surface area (Å²) >= 11 is 0. The van der Waals surface area contributed by atoms with Crippen LogP contribution < -0.4 is 38.1 Å². The van der Waals surface area contributed by atoms with Crippen molar-refractivity contribution < 1.29 is 49.2 Å². The molecule has 1 fully saturated rings. The lowest BCUT2D eigenvalue weighted by Crippen LogP contribution is -2.62. The second-order valence-corrected chi connectivity index (χ2v) is 15.1. The predicted molar refractivity (Wildman–Crippen MR) is 190 cm³/mol. The Morgan fingerprint density at radius 2 is 1.20 bits per heavy atom. The van der Waals surface area contributed by atoms with Gasteiger partial charge in [-0.25, -0.2) is 4.79 Å². The largest absolute Gasteiger partial charge is 0.480 e. The number of aliphatic hydroxyl groups excluding tert-OH is 3. The summed E-state index contributed by atoms with van der Waals surface area (Å²) in [5, 5.41) is 51.9. The average Bonchev–Trinajstić information content (AvgIpc) is 3.59. The Balaban J connectivity index is 2.98. The molecule has 17 nitrogen and oxygen atoms in total. The number of hydrogen-bond donors (Lipinski definition) is 11. The summed E-state index contributed by atoms with van der Waals surface area (Å²) in [5.74, 6) is -4.38. The van der Waals surface area contributed by atoms with Crippen LogP contribution in [0.4, 0.5) is 0 Å². The van der Waals surface area contributed by atoms with Gasteiger partial charge in [-0.15, -0.1) is 0 Å². The van der Waals surface area contributed by atoms with Crippen molar-refractivity contribution in [2.45, 2.75) is 132 Å². The summed E-state index contributed by atoms with van der Waals surface area (Å²) < 4.78 is 0. The topological polar surface area (TPSA) is 296 Å². The lowest BCUT2D eigenvalue weighted by molar-refractivity contribution is -0.143. The van der Waals surface area contributed by atoms with Gasteiger partial charge in [0, 0.05) is 17.4 Å². The Morgan fingerprint density at radius 1 is 0.700 bits per heavy atom. The van der Waals surface area contributed by atoms with Gasteiger partial charge in [0.2, 0.25) is 29.5 Å². The van der Waals surface area contributed by atoms with Gasteiger partial charge in [-0.1, -0.05) is 28.0 Å². The Morgan fingerprint density at radius 3 is 1.68 bits per heavy atom. The van der Waals surface area contributed by atoms with Crippen LogP contribution >= 0.6 is 21.6 Å². The Kier molecular flexibility index (Phi) is 22.9. The number of carboxylic acid groups (broad SMARTS) is 1. The van der Waals surface area contributed by atoms with Crippen molar-refractivity contribution in [3.8, 4) is 0 Å². The number of hydrogen-bond acceptors (Lipinski definition) is 13. The third kappa shape index (κ3) is 17.5. The molecule has 0 saturated carbocycles. The highest BCUT2D eigenvalue weighted by Crippen LogP contribution is 2.39. The van der Waals surface area contributed by atoms with Gasteiger partial charge >= 0.3 is 5.97 Å². The van der Waals surface area contributed by atoms with E-state index < -0.39 is 78.6 Å². The minimum atomic E-state index is -1.67. The maximum absolute atomic E-state index is 13.4. The van der Waals surface area contributed by atoms with Crippen LogP contribution in [-0.2, 0) is 28.8 Å². The van der Waals surface area contributed by atoms with Crippen molar-refractivity contribution in [2.75, 3.05) is 25.4 Å². The van der Waals surface area contributed by atoms with E-state index in [-0.39, 0.29) is 31.7 Å². The van der Waals surface area contributed by atoms with E-state index in [0.29, 0.717) is 43.9 Å². The molecule has 0 bridgehead atoms. The number of carboxylic acids is 1. The number of rotatable bonds is 26. The fourth-order valence-electron chi connectivity index (χ4n) is 5.04. The van der Waals surface area contributed by atoms with Crippen LogP contribution in [0.3, 0.4) is 0 Å². The minimum absolute atomic E-state index is 0.0232. The van der Waals surface area contributed by atoms with E-state index in [1.807, 2.05) is 21.6 Å². The highest BCUT2D eigenvalue weighted by atomic mass is 33.1. The highest BCUT2D eigenvalue weighted by Gasteiger charge is 2.35. The van der Waals surface area contributed by atoms with E-state index in [1.54, 1.807) is 0 Å². The summed E-state index contributed by atoms with van der Waals surface area (Å²) in [6.07, 6.45) is 3.11. The number of unbranched alkanes of at least 4 members (excludes halogenated alkanes) is 3. The van der Waals surface area contributed by atoms with Gasteiger partial charge in [0.1, 0.15) is 30.2 Å². The summed E-state index contributed by atoms with van der Waals surface area (Å²) in [4.78, 5) is 76.9. The molecule has 19 heteroatoms. The normalized spacial score (nSPS) is 18.4. The Bertz CT molecular complexity index is 1080. The van der Waals surface area contributed by atoms with Crippen molar-refractivity contribution in [3.63, 3.8) is 0 Å². The van der Waals surface area contributed by atoms with Gasteiger partial charge in [-0.05, 0) is 84.7 Å². The molecule has 0 aromatic rings. The van der Waals surface area contributed by atoms with Crippen LogP contribution in [0.15, 0.2) is 0 Å². The van der Waals surface area contributed by atoms with Crippen LogP contribution in [0, 0.1) is 0 Å². The predicted octanol–water partition coefficient (Wildman–Crippen LogP) is -1.78. The fourth-order valence-corrected chi connectivity index (χ4v) is 8.07. The molecule has 0 aliphatic carbocycles. The zero-order chi connectivity index (χ0) is 37.6. The molecule has 5 amide bonds. The molecule has 288 valence electrons. The van der Waals surface area contributed by atoms with E-state index in [0.717, 1.165) is 25.0 Å². The fraction of sp³-hybridized carbons (Fsp3) is 0.806. The minimum Gasteiger partial charge on any atom is -0.480 e. The molecule has 1 saturated heterocycles. The molecule has 1 aliphatic rings. The van der Waals surface area contributed by atoms with E-state index in [4.69, 9.17) is 11.5 Å². The lowest BCUT2D eigenvalue weighted by Gasteiger charge is -2.29. The Hall–Kier alpha value is -2.68. The van der Waals surface area contributed by atoms with Gasteiger partial charge in [-0.3, -0.25) is 24.0 Å². The summed E-state index contributed by atoms with van der Waals surface area (Å²) in [6.45, 7) is 2.19. The van der Waals surface area contributed by atoms with Gasteiger partial charge in [0.15, 0.2) is 0 Å². The first-order valence-corrected chi connectivity index (χ1v) is 19.5. The van der Waals surface area contributed by atoms with Crippen LogP contribution in [0.1, 0.15) is 84.5 Å². The third-order valence-corrected chi connectivity index (χ3v) is 11.0. The number of nitrogens with one attached hydrogen (secondary N) is 5. The average molecular weight is 752 g/mol. The molecule has 13 N–H and O–H groups in total. The molecule has 1 heterocycles. The molecule has 0 spiro atoms. The molecule has 1 aliphatic heterocycles. The van der Waals surface area contributed by atoms with E-state index in [9.17, 15) is 49.2 Å². The maximum Gasteiger partial charge on any atom is 0.328 e. The Labute approximate surface area is 301 Å². The quantitative estimate of drug-likeness (QED) is 0.0344. The van der Waals surface area contributed by atoms with Crippen molar-refractivity contribution in [1.82, 2.24) is 26.6 Å². The second-order valence-electron chi connectivity index (χ2n) is 12.4. The molecule has 50 heavy (non-hydrogen) atoms. The summed E-state index contributed by atoms with van der Waals surface area (Å²) in [6, 6.07) is -7.24.